The number of aromatic nitrogens is 3. The number of thioether (sulfide) groups is 1. The van der Waals surface area contributed by atoms with Gasteiger partial charge in [-0.2, -0.15) is 5.26 Å². The summed E-state index contributed by atoms with van der Waals surface area (Å²) in [6.07, 6.45) is 0. The van der Waals surface area contributed by atoms with E-state index in [0.717, 1.165) is 21.8 Å². The minimum atomic E-state index is -0.334. The minimum absolute atomic E-state index is 0.0194. The van der Waals surface area contributed by atoms with Crippen LogP contribution in [-0.4, -0.2) is 26.7 Å². The number of H-pyrrole nitrogens is 1. The number of nitrogens with one attached hydrogen (secondary N) is 1. The summed E-state index contributed by atoms with van der Waals surface area (Å²) in [6, 6.07) is 9.42. The Kier molecular flexibility index (Phi) is 5.35. The van der Waals surface area contributed by atoms with E-state index in [-0.39, 0.29) is 22.8 Å². The summed E-state index contributed by atoms with van der Waals surface area (Å²) in [6.45, 7) is 1.53. The molecule has 3 N–H and O–H groups in total. The number of carbonyl (C=O) groups is 1. The zero-order valence-electron chi connectivity index (χ0n) is 11.6. The molecule has 6 nitrogen and oxygen atoms in total. The number of hydrogen-bond acceptors (Lipinski definition) is 6. The van der Waals surface area contributed by atoms with Crippen molar-refractivity contribution in [2.24, 2.45) is 5.73 Å². The smallest absolute Gasteiger partial charge is 0.209 e. The first-order valence-corrected chi connectivity index (χ1v) is 8.00. The summed E-state index contributed by atoms with van der Waals surface area (Å²) in [5.74, 6) is 0.332. The van der Waals surface area contributed by atoms with Crippen LogP contribution in [0.1, 0.15) is 6.92 Å². The summed E-state index contributed by atoms with van der Waals surface area (Å²) < 4.78 is 0.896. The molecule has 1 heterocycles. The summed E-state index contributed by atoms with van der Waals surface area (Å²) in [4.78, 5) is 16.2. The minimum Gasteiger partial charge on any atom is -0.401 e. The number of allylic oxidation sites excluding steroid dienone is 2. The van der Waals surface area contributed by atoms with E-state index in [1.54, 1.807) is 0 Å². The third kappa shape index (κ3) is 3.75. The van der Waals surface area contributed by atoms with Crippen molar-refractivity contribution in [2.45, 2.75) is 12.1 Å². The van der Waals surface area contributed by atoms with Gasteiger partial charge in [0.1, 0.15) is 11.6 Å². The van der Waals surface area contributed by atoms with Gasteiger partial charge in [0.05, 0.1) is 5.75 Å². The number of hydrogen-bond donors (Lipinski definition) is 2. The number of nitriles is 1. The lowest BCUT2D eigenvalue weighted by atomic mass is 10.2. The molecule has 0 saturated heterocycles. The van der Waals surface area contributed by atoms with Crippen LogP contribution < -0.4 is 5.73 Å². The Morgan fingerprint density at radius 2 is 2.23 bits per heavy atom. The maximum Gasteiger partial charge on any atom is 0.209 e. The highest BCUT2D eigenvalue weighted by molar-refractivity contribution is 9.10. The van der Waals surface area contributed by atoms with Gasteiger partial charge in [-0.25, -0.2) is 4.98 Å². The normalized spacial score (nSPS) is 11.7. The SMILES string of the molecule is C/C(N)=C(/C#N)C(=O)CSc1n[nH]c(-c2ccccc2Br)n1. The Bertz CT molecular complexity index is 774. The molecule has 0 aliphatic rings. The molecule has 0 spiro atoms. The van der Waals surface area contributed by atoms with E-state index < -0.39 is 0 Å². The van der Waals surface area contributed by atoms with E-state index in [4.69, 9.17) is 11.0 Å². The average molecular weight is 378 g/mol. The first-order valence-electron chi connectivity index (χ1n) is 6.22. The van der Waals surface area contributed by atoms with Gasteiger partial charge in [-0.05, 0) is 13.0 Å². The highest BCUT2D eigenvalue weighted by Crippen LogP contribution is 2.26. The van der Waals surface area contributed by atoms with E-state index in [2.05, 4.69) is 31.1 Å². The number of nitrogens with two attached hydrogens (primary N) is 1. The highest BCUT2D eigenvalue weighted by Gasteiger charge is 2.14. The fourth-order valence-corrected chi connectivity index (χ4v) is 2.80. The van der Waals surface area contributed by atoms with Crippen molar-refractivity contribution in [3.8, 4) is 17.5 Å². The zero-order valence-corrected chi connectivity index (χ0v) is 14.0. The molecule has 0 fully saturated rings. The monoisotopic (exact) mass is 377 g/mol. The Balaban J connectivity index is 2.08. The average Bonchev–Trinajstić information content (AvgIpc) is 2.94. The molecule has 22 heavy (non-hydrogen) atoms. The molecule has 8 heteroatoms. The van der Waals surface area contributed by atoms with Gasteiger partial charge in [0.25, 0.3) is 0 Å². The van der Waals surface area contributed by atoms with Crippen molar-refractivity contribution < 1.29 is 4.79 Å². The highest BCUT2D eigenvalue weighted by atomic mass is 79.9. The summed E-state index contributed by atoms with van der Waals surface area (Å²) in [5.41, 5.74) is 6.58. The fourth-order valence-electron chi connectivity index (χ4n) is 1.66. The van der Waals surface area contributed by atoms with Crippen molar-refractivity contribution >= 4 is 33.5 Å². The number of halogens is 1. The van der Waals surface area contributed by atoms with Gasteiger partial charge in [-0.3, -0.25) is 9.89 Å². The molecule has 0 unspecified atom stereocenters. The van der Waals surface area contributed by atoms with Crippen LogP contribution in [0.5, 0.6) is 0 Å². The van der Waals surface area contributed by atoms with E-state index in [1.165, 1.54) is 6.92 Å². The molecular weight excluding hydrogens is 366 g/mol. The van der Waals surface area contributed by atoms with Crippen LogP contribution in [0.25, 0.3) is 11.4 Å². The Morgan fingerprint density at radius 3 is 2.86 bits per heavy atom. The van der Waals surface area contributed by atoms with Crippen molar-refractivity contribution in [3.05, 3.63) is 40.0 Å². The van der Waals surface area contributed by atoms with Crippen molar-refractivity contribution in [1.82, 2.24) is 15.2 Å². The largest absolute Gasteiger partial charge is 0.401 e. The number of aromatic amines is 1. The molecule has 1 aromatic carbocycles. The topological polar surface area (TPSA) is 108 Å². The number of Topliss-reactive ketones (excluding diaryl/α,β-unsaturated/α-hetero) is 1. The van der Waals surface area contributed by atoms with Crippen molar-refractivity contribution in [1.29, 1.82) is 5.26 Å². The predicted octanol–water partition coefficient (Wildman–Crippen LogP) is 2.65. The summed E-state index contributed by atoms with van der Waals surface area (Å²) >= 11 is 4.60. The standard InChI is InChI=1S/C14H12BrN5OS/c1-8(17)10(6-16)12(21)7-22-14-18-13(19-20-14)9-4-2-3-5-11(9)15/h2-5H,7,17H2,1H3,(H,18,19,20)/b10-8+. The van der Waals surface area contributed by atoms with Gasteiger partial charge in [0, 0.05) is 15.7 Å². The van der Waals surface area contributed by atoms with Crippen LogP contribution in [-0.2, 0) is 4.79 Å². The molecule has 0 amide bonds. The number of rotatable bonds is 5. The maximum absolute atomic E-state index is 11.9. The van der Waals surface area contributed by atoms with Gasteiger partial charge in [0.15, 0.2) is 11.6 Å². The van der Waals surface area contributed by atoms with Crippen LogP contribution in [0.2, 0.25) is 0 Å². The van der Waals surface area contributed by atoms with Crippen LogP contribution in [0.15, 0.2) is 45.2 Å². The van der Waals surface area contributed by atoms with Gasteiger partial charge in [-0.15, -0.1) is 5.10 Å². The molecule has 1 aromatic heterocycles. The third-order valence-electron chi connectivity index (χ3n) is 2.71. The molecule has 0 bridgehead atoms. The van der Waals surface area contributed by atoms with Crippen LogP contribution in [0, 0.1) is 11.3 Å². The fraction of sp³-hybridized carbons (Fsp3) is 0.143. The Hall–Kier alpha value is -2.11. The molecule has 0 aliphatic heterocycles. The quantitative estimate of drug-likeness (QED) is 0.470. The molecule has 2 rings (SSSR count). The molecule has 0 aliphatic carbocycles. The molecule has 0 radical (unpaired) electrons. The van der Waals surface area contributed by atoms with E-state index >= 15 is 0 Å². The number of nitrogens with zero attached hydrogens (tertiary/aromatic N) is 3. The first kappa shape index (κ1) is 16.3. The lowest BCUT2D eigenvalue weighted by Crippen LogP contribution is -2.10. The van der Waals surface area contributed by atoms with Crippen molar-refractivity contribution in [2.75, 3.05) is 5.75 Å². The second kappa shape index (κ2) is 7.24. The van der Waals surface area contributed by atoms with Gasteiger partial charge < -0.3 is 5.73 Å². The Morgan fingerprint density at radius 1 is 1.50 bits per heavy atom. The van der Waals surface area contributed by atoms with Crippen molar-refractivity contribution in [3.63, 3.8) is 0 Å². The maximum atomic E-state index is 11.9. The van der Waals surface area contributed by atoms with E-state index in [0.29, 0.717) is 11.0 Å². The third-order valence-corrected chi connectivity index (χ3v) is 4.25. The van der Waals surface area contributed by atoms with E-state index in [1.807, 2.05) is 30.3 Å². The summed E-state index contributed by atoms with van der Waals surface area (Å²) in [7, 11) is 0. The molecular formula is C14H12BrN5OS. The van der Waals surface area contributed by atoms with Gasteiger partial charge in [-0.1, -0.05) is 45.9 Å². The molecule has 2 aromatic rings. The van der Waals surface area contributed by atoms with E-state index in [9.17, 15) is 4.79 Å². The molecule has 112 valence electrons. The van der Waals surface area contributed by atoms with Crippen LogP contribution >= 0.6 is 27.7 Å². The van der Waals surface area contributed by atoms with Gasteiger partial charge >= 0.3 is 0 Å². The molecule has 0 atom stereocenters. The predicted molar refractivity (Wildman–Crippen MR) is 87.8 cm³/mol. The number of ketones is 1. The zero-order chi connectivity index (χ0) is 16.1. The lowest BCUT2D eigenvalue weighted by Gasteiger charge is -1.99. The second-order valence-corrected chi connectivity index (χ2v) is 6.12. The van der Waals surface area contributed by atoms with Gasteiger partial charge in [0.2, 0.25) is 5.16 Å². The van der Waals surface area contributed by atoms with Crippen LogP contribution in [0.4, 0.5) is 0 Å². The number of benzene rings is 1. The number of carbonyl (C=O) groups excluding carboxylic acids is 1. The lowest BCUT2D eigenvalue weighted by molar-refractivity contribution is -0.112. The van der Waals surface area contributed by atoms with Crippen LogP contribution in [0.3, 0.4) is 0 Å². The second-order valence-electron chi connectivity index (χ2n) is 4.33. The first-order chi connectivity index (χ1) is 10.5. The Labute approximate surface area is 139 Å². The summed E-state index contributed by atoms with van der Waals surface area (Å²) in [5, 5.41) is 16.2. The molecule has 0 saturated carbocycles.